The van der Waals surface area contributed by atoms with Crippen molar-refractivity contribution in [3.05, 3.63) is 33.9 Å². The maximum Gasteiger partial charge on any atom is 0.405 e. The summed E-state index contributed by atoms with van der Waals surface area (Å²) in [6, 6.07) is 4.65. The van der Waals surface area contributed by atoms with Gasteiger partial charge in [-0.2, -0.15) is 18.4 Å². The summed E-state index contributed by atoms with van der Waals surface area (Å²) in [5.74, 6) is 0. The van der Waals surface area contributed by atoms with Crippen LogP contribution in [-0.4, -0.2) is 17.6 Å². The summed E-state index contributed by atoms with van der Waals surface area (Å²) in [5.41, 5.74) is -0.725. The van der Waals surface area contributed by atoms with E-state index in [2.05, 4.69) is 0 Å². The molecule has 0 saturated carbocycles. The van der Waals surface area contributed by atoms with Gasteiger partial charge in [-0.1, -0.05) is 0 Å². The van der Waals surface area contributed by atoms with Crippen LogP contribution in [0.5, 0.6) is 0 Å². The first-order valence-electron chi connectivity index (χ1n) is 4.32. The van der Waals surface area contributed by atoms with Crippen molar-refractivity contribution in [1.82, 2.24) is 0 Å². The first kappa shape index (κ1) is 12.8. The van der Waals surface area contributed by atoms with E-state index in [1.54, 1.807) is 6.07 Å². The molecule has 0 bridgehead atoms. The predicted molar refractivity (Wildman–Crippen MR) is 52.4 cm³/mol. The van der Waals surface area contributed by atoms with Gasteiger partial charge in [0, 0.05) is 11.8 Å². The zero-order valence-corrected chi connectivity index (χ0v) is 8.28. The van der Waals surface area contributed by atoms with E-state index < -0.39 is 23.3 Å². The number of hydrogen-bond acceptors (Lipinski definition) is 4. The molecule has 0 atom stereocenters. The Balaban J connectivity index is 2.92. The van der Waals surface area contributed by atoms with Crippen molar-refractivity contribution in [3.63, 3.8) is 0 Å². The number of anilines is 1. The van der Waals surface area contributed by atoms with Gasteiger partial charge in [0.25, 0.3) is 5.69 Å². The standard InChI is InChI=1S/C9H6F3N3O2/c10-9(11,12)5-14-7-1-2-8(15(16)17)6(3-7)4-13/h1-3,14H,5H2. The Morgan fingerprint density at radius 1 is 1.47 bits per heavy atom. The average Bonchev–Trinajstić information content (AvgIpc) is 2.24. The van der Waals surface area contributed by atoms with Crippen LogP contribution in [0.25, 0.3) is 0 Å². The number of alkyl halides is 3. The van der Waals surface area contributed by atoms with Crippen LogP contribution in [0.1, 0.15) is 5.56 Å². The van der Waals surface area contributed by atoms with Crippen LogP contribution >= 0.6 is 0 Å². The third-order valence-electron chi connectivity index (χ3n) is 1.81. The number of nitriles is 1. The Bertz CT molecular complexity index is 479. The highest BCUT2D eigenvalue weighted by molar-refractivity contribution is 5.58. The molecule has 1 N–H and O–H groups in total. The number of nitro benzene ring substituents is 1. The molecule has 1 aromatic rings. The second-order valence-corrected chi connectivity index (χ2v) is 3.07. The molecule has 0 aliphatic heterocycles. The van der Waals surface area contributed by atoms with Gasteiger partial charge in [-0.25, -0.2) is 0 Å². The zero-order chi connectivity index (χ0) is 13.1. The number of rotatable bonds is 3. The van der Waals surface area contributed by atoms with Crippen molar-refractivity contribution in [3.8, 4) is 6.07 Å². The molecule has 1 rings (SSSR count). The maximum absolute atomic E-state index is 11.9. The molecule has 0 heterocycles. The Kier molecular flexibility index (Phi) is 3.52. The smallest absolute Gasteiger partial charge is 0.376 e. The SMILES string of the molecule is N#Cc1cc(NCC(F)(F)F)ccc1[N+](=O)[O-]. The van der Waals surface area contributed by atoms with E-state index in [0.717, 1.165) is 18.2 Å². The normalized spacial score (nSPS) is 10.7. The van der Waals surface area contributed by atoms with Gasteiger partial charge in [0.2, 0.25) is 0 Å². The van der Waals surface area contributed by atoms with E-state index in [-0.39, 0.29) is 11.3 Å². The van der Waals surface area contributed by atoms with Gasteiger partial charge in [-0.05, 0) is 12.1 Å². The highest BCUT2D eigenvalue weighted by Gasteiger charge is 2.26. The van der Waals surface area contributed by atoms with Crippen LogP contribution in [0.15, 0.2) is 18.2 Å². The van der Waals surface area contributed by atoms with Crippen molar-refractivity contribution in [1.29, 1.82) is 5.26 Å². The molecule has 0 fully saturated rings. The van der Waals surface area contributed by atoms with E-state index >= 15 is 0 Å². The number of nitro groups is 1. The lowest BCUT2D eigenvalue weighted by molar-refractivity contribution is -0.385. The molecule has 17 heavy (non-hydrogen) atoms. The van der Waals surface area contributed by atoms with Crippen molar-refractivity contribution in [2.75, 3.05) is 11.9 Å². The Labute approximate surface area is 93.6 Å². The van der Waals surface area contributed by atoms with E-state index in [1.807, 2.05) is 5.32 Å². The lowest BCUT2D eigenvalue weighted by Crippen LogP contribution is -2.21. The summed E-state index contributed by atoms with van der Waals surface area (Å²) < 4.78 is 35.7. The third-order valence-corrected chi connectivity index (χ3v) is 1.81. The molecule has 0 unspecified atom stereocenters. The second-order valence-electron chi connectivity index (χ2n) is 3.07. The Morgan fingerprint density at radius 3 is 2.59 bits per heavy atom. The van der Waals surface area contributed by atoms with Crippen molar-refractivity contribution >= 4 is 11.4 Å². The summed E-state index contributed by atoms with van der Waals surface area (Å²) in [4.78, 5) is 9.69. The van der Waals surface area contributed by atoms with E-state index in [4.69, 9.17) is 5.26 Å². The van der Waals surface area contributed by atoms with Crippen LogP contribution in [0.3, 0.4) is 0 Å². The highest BCUT2D eigenvalue weighted by atomic mass is 19.4. The Morgan fingerprint density at radius 2 is 2.12 bits per heavy atom. The summed E-state index contributed by atoms with van der Waals surface area (Å²) in [5, 5.41) is 21.1. The molecular formula is C9H6F3N3O2. The van der Waals surface area contributed by atoms with Crippen LogP contribution < -0.4 is 5.32 Å². The molecule has 0 saturated heterocycles. The first-order chi connectivity index (χ1) is 7.83. The maximum atomic E-state index is 11.9. The fourth-order valence-corrected chi connectivity index (χ4v) is 1.10. The van der Waals surface area contributed by atoms with Gasteiger partial charge in [0.1, 0.15) is 18.2 Å². The minimum absolute atomic E-state index is 0.00414. The summed E-state index contributed by atoms with van der Waals surface area (Å²) in [6.07, 6.45) is -4.39. The number of halogens is 3. The van der Waals surface area contributed by atoms with Gasteiger partial charge < -0.3 is 5.32 Å². The monoisotopic (exact) mass is 245 g/mol. The zero-order valence-electron chi connectivity index (χ0n) is 8.28. The third kappa shape index (κ3) is 3.64. The number of benzene rings is 1. The largest absolute Gasteiger partial charge is 0.405 e. The van der Waals surface area contributed by atoms with Crippen molar-refractivity contribution < 1.29 is 18.1 Å². The van der Waals surface area contributed by atoms with Crippen molar-refractivity contribution in [2.24, 2.45) is 0 Å². The van der Waals surface area contributed by atoms with Gasteiger partial charge in [-0.3, -0.25) is 10.1 Å². The van der Waals surface area contributed by atoms with Crippen LogP contribution in [-0.2, 0) is 0 Å². The lowest BCUT2D eigenvalue weighted by Gasteiger charge is -2.09. The van der Waals surface area contributed by atoms with Gasteiger partial charge in [0.05, 0.1) is 4.92 Å². The van der Waals surface area contributed by atoms with Crippen LogP contribution in [0.2, 0.25) is 0 Å². The highest BCUT2D eigenvalue weighted by Crippen LogP contribution is 2.23. The lowest BCUT2D eigenvalue weighted by atomic mass is 10.2. The molecular weight excluding hydrogens is 239 g/mol. The van der Waals surface area contributed by atoms with Crippen LogP contribution in [0, 0.1) is 21.4 Å². The molecule has 0 radical (unpaired) electrons. The fourth-order valence-electron chi connectivity index (χ4n) is 1.10. The van der Waals surface area contributed by atoms with E-state index in [0.29, 0.717) is 0 Å². The first-order valence-corrected chi connectivity index (χ1v) is 4.32. The van der Waals surface area contributed by atoms with Gasteiger partial charge >= 0.3 is 6.18 Å². The molecule has 0 aliphatic rings. The number of nitrogens with zero attached hydrogens (tertiary/aromatic N) is 2. The molecule has 0 spiro atoms. The summed E-state index contributed by atoms with van der Waals surface area (Å²) >= 11 is 0. The topological polar surface area (TPSA) is 79.0 Å². The minimum atomic E-state index is -4.39. The molecule has 8 heteroatoms. The molecule has 0 aliphatic carbocycles. The Hall–Kier alpha value is -2.30. The second kappa shape index (κ2) is 4.69. The molecule has 0 amide bonds. The summed E-state index contributed by atoms with van der Waals surface area (Å²) in [7, 11) is 0. The summed E-state index contributed by atoms with van der Waals surface area (Å²) in [6.45, 7) is -1.27. The molecule has 90 valence electrons. The van der Waals surface area contributed by atoms with Crippen LogP contribution in [0.4, 0.5) is 24.5 Å². The minimum Gasteiger partial charge on any atom is -0.376 e. The number of hydrogen-bond donors (Lipinski definition) is 1. The predicted octanol–water partition coefficient (Wildman–Crippen LogP) is 2.44. The quantitative estimate of drug-likeness (QED) is 0.655. The van der Waals surface area contributed by atoms with E-state index in [9.17, 15) is 23.3 Å². The average molecular weight is 245 g/mol. The fraction of sp³-hybridized carbons (Fsp3) is 0.222. The molecule has 5 nitrogen and oxygen atoms in total. The van der Waals surface area contributed by atoms with Gasteiger partial charge in [-0.15, -0.1) is 0 Å². The van der Waals surface area contributed by atoms with E-state index in [1.165, 1.54) is 0 Å². The van der Waals surface area contributed by atoms with Gasteiger partial charge in [0.15, 0.2) is 0 Å². The molecule has 0 aromatic heterocycles. The molecule has 1 aromatic carbocycles. The van der Waals surface area contributed by atoms with Crippen molar-refractivity contribution in [2.45, 2.75) is 6.18 Å². The number of nitrogens with one attached hydrogen (secondary N) is 1.